The van der Waals surface area contributed by atoms with Crippen molar-refractivity contribution in [1.82, 2.24) is 4.57 Å². The molecule has 3 aromatic rings. The zero-order chi connectivity index (χ0) is 19.6. The summed E-state index contributed by atoms with van der Waals surface area (Å²) in [6.45, 7) is 7.86. The largest absolute Gasteiger partial charge is 0.467 e. The number of nitrogens with zero attached hydrogens (tertiary/aromatic N) is 1. The Hall–Kier alpha value is -3.08. The molecule has 0 amide bonds. The number of hydrogen-bond acceptors (Lipinski definition) is 4. The highest BCUT2D eigenvalue weighted by Crippen LogP contribution is 2.19. The molecule has 27 heavy (non-hydrogen) atoms. The van der Waals surface area contributed by atoms with E-state index in [1.54, 1.807) is 12.3 Å². The number of carbonyl (C=O) groups is 2. The topological polar surface area (TPSA) is 61.4 Å². The van der Waals surface area contributed by atoms with Crippen molar-refractivity contribution in [1.29, 1.82) is 0 Å². The third-order valence-corrected chi connectivity index (χ3v) is 4.72. The third-order valence-electron chi connectivity index (χ3n) is 4.72. The van der Waals surface area contributed by atoms with Crippen molar-refractivity contribution in [3.63, 3.8) is 0 Å². The van der Waals surface area contributed by atoms with E-state index in [-0.39, 0.29) is 12.4 Å². The highest BCUT2D eigenvalue weighted by molar-refractivity contribution is 6.00. The quantitative estimate of drug-likeness (QED) is 0.480. The van der Waals surface area contributed by atoms with Gasteiger partial charge in [0.25, 0.3) is 0 Å². The summed E-state index contributed by atoms with van der Waals surface area (Å²) in [5.41, 5.74) is 4.64. The summed E-state index contributed by atoms with van der Waals surface area (Å²) >= 11 is 0. The maximum Gasteiger partial charge on any atom is 0.338 e. The first-order valence-corrected chi connectivity index (χ1v) is 8.83. The minimum atomic E-state index is -0.478. The Morgan fingerprint density at radius 2 is 1.81 bits per heavy atom. The first kappa shape index (κ1) is 18.7. The fraction of sp³-hybridized carbons (Fsp3) is 0.273. The molecule has 0 unspecified atom stereocenters. The molecule has 2 heterocycles. The molecule has 0 bridgehead atoms. The zero-order valence-corrected chi connectivity index (χ0v) is 16.0. The van der Waals surface area contributed by atoms with Gasteiger partial charge in [-0.25, -0.2) is 4.79 Å². The van der Waals surface area contributed by atoms with Gasteiger partial charge in [0.2, 0.25) is 5.78 Å². The van der Waals surface area contributed by atoms with Crippen LogP contribution >= 0.6 is 0 Å². The molecule has 1 aromatic carbocycles. The van der Waals surface area contributed by atoms with Gasteiger partial charge in [-0.3, -0.25) is 4.79 Å². The predicted molar refractivity (Wildman–Crippen MR) is 102 cm³/mol. The Balaban J connectivity index is 1.71. The SMILES string of the molecule is Cc1ccc(C)c(C(=O)OCC(=O)c2cc(C)n(Cc3ccco3)c2C)c1. The molecular formula is C22H23NO4. The van der Waals surface area contributed by atoms with Crippen LogP contribution in [0.3, 0.4) is 0 Å². The predicted octanol–water partition coefficient (Wildman–Crippen LogP) is 4.40. The molecule has 0 radical (unpaired) electrons. The molecule has 0 saturated heterocycles. The average Bonchev–Trinajstić information content (AvgIpc) is 3.25. The van der Waals surface area contributed by atoms with Crippen LogP contribution in [-0.2, 0) is 11.3 Å². The van der Waals surface area contributed by atoms with Crippen molar-refractivity contribution in [2.45, 2.75) is 34.2 Å². The van der Waals surface area contributed by atoms with Crippen LogP contribution in [0.5, 0.6) is 0 Å². The summed E-state index contributed by atoms with van der Waals surface area (Å²) in [7, 11) is 0. The number of rotatable bonds is 6. The summed E-state index contributed by atoms with van der Waals surface area (Å²) in [4.78, 5) is 24.9. The van der Waals surface area contributed by atoms with Gasteiger partial charge in [-0.2, -0.15) is 0 Å². The lowest BCUT2D eigenvalue weighted by Gasteiger charge is -2.09. The second-order valence-corrected chi connectivity index (χ2v) is 6.77. The number of Topliss-reactive ketones (excluding diaryl/α,β-unsaturated/α-hetero) is 1. The minimum Gasteiger partial charge on any atom is -0.467 e. The monoisotopic (exact) mass is 365 g/mol. The summed E-state index contributed by atoms with van der Waals surface area (Å²) in [6.07, 6.45) is 1.63. The molecule has 0 fully saturated rings. The molecule has 0 aliphatic heterocycles. The number of ether oxygens (including phenoxy) is 1. The van der Waals surface area contributed by atoms with Crippen molar-refractivity contribution in [2.75, 3.05) is 6.61 Å². The molecule has 0 saturated carbocycles. The second kappa shape index (κ2) is 7.66. The number of aromatic nitrogens is 1. The number of benzene rings is 1. The lowest BCUT2D eigenvalue weighted by atomic mass is 10.1. The van der Waals surface area contributed by atoms with Gasteiger partial charge in [0.05, 0.1) is 18.4 Å². The van der Waals surface area contributed by atoms with Crippen LogP contribution in [0.1, 0.15) is 49.0 Å². The summed E-state index contributed by atoms with van der Waals surface area (Å²) in [6, 6.07) is 11.1. The number of esters is 1. The van der Waals surface area contributed by atoms with Gasteiger partial charge in [0.15, 0.2) is 6.61 Å². The Labute approximate surface area is 158 Å². The van der Waals surface area contributed by atoms with E-state index in [1.165, 1.54) is 0 Å². The Kier molecular flexibility index (Phi) is 5.31. The van der Waals surface area contributed by atoms with Crippen molar-refractivity contribution in [3.8, 4) is 0 Å². The van der Waals surface area contributed by atoms with Gasteiger partial charge in [-0.05, 0) is 57.5 Å². The van der Waals surface area contributed by atoms with Crippen LogP contribution in [0.4, 0.5) is 0 Å². The molecule has 0 spiro atoms. The van der Waals surface area contributed by atoms with E-state index < -0.39 is 5.97 Å². The van der Waals surface area contributed by atoms with Crippen molar-refractivity contribution >= 4 is 11.8 Å². The molecule has 5 nitrogen and oxygen atoms in total. The molecule has 0 aliphatic carbocycles. The van der Waals surface area contributed by atoms with E-state index >= 15 is 0 Å². The van der Waals surface area contributed by atoms with Crippen LogP contribution < -0.4 is 0 Å². The lowest BCUT2D eigenvalue weighted by molar-refractivity contribution is 0.0473. The van der Waals surface area contributed by atoms with Gasteiger partial charge < -0.3 is 13.7 Å². The molecule has 0 aliphatic rings. The fourth-order valence-corrected chi connectivity index (χ4v) is 3.13. The minimum absolute atomic E-state index is 0.215. The highest BCUT2D eigenvalue weighted by Gasteiger charge is 2.19. The van der Waals surface area contributed by atoms with Gasteiger partial charge in [-0.15, -0.1) is 0 Å². The van der Waals surface area contributed by atoms with Gasteiger partial charge >= 0.3 is 5.97 Å². The molecule has 0 atom stereocenters. The van der Waals surface area contributed by atoms with E-state index in [4.69, 9.17) is 9.15 Å². The highest BCUT2D eigenvalue weighted by atomic mass is 16.5. The van der Waals surface area contributed by atoms with E-state index in [0.717, 1.165) is 28.3 Å². The standard InChI is InChI=1S/C22H23NO4/c1-14-7-8-15(2)19(10-14)22(25)27-13-21(24)20-11-16(3)23(17(20)4)12-18-6-5-9-26-18/h5-11H,12-13H2,1-4H3. The Morgan fingerprint density at radius 1 is 1.04 bits per heavy atom. The normalized spacial score (nSPS) is 10.8. The van der Waals surface area contributed by atoms with Crippen molar-refractivity contribution in [2.24, 2.45) is 0 Å². The van der Waals surface area contributed by atoms with Gasteiger partial charge in [0, 0.05) is 17.0 Å². The van der Waals surface area contributed by atoms with Crippen LogP contribution in [-0.4, -0.2) is 22.9 Å². The molecule has 0 N–H and O–H groups in total. The third kappa shape index (κ3) is 4.03. The van der Waals surface area contributed by atoms with Crippen molar-refractivity contribution < 1.29 is 18.7 Å². The number of hydrogen-bond donors (Lipinski definition) is 0. The molecular weight excluding hydrogens is 342 g/mol. The molecule has 2 aromatic heterocycles. The first-order chi connectivity index (χ1) is 12.9. The number of aryl methyl sites for hydroxylation is 3. The molecule has 140 valence electrons. The second-order valence-electron chi connectivity index (χ2n) is 6.77. The van der Waals surface area contributed by atoms with E-state index in [1.807, 2.05) is 62.6 Å². The number of furan rings is 1. The summed E-state index contributed by atoms with van der Waals surface area (Å²) < 4.78 is 12.7. The zero-order valence-electron chi connectivity index (χ0n) is 16.0. The van der Waals surface area contributed by atoms with Gasteiger partial charge in [-0.1, -0.05) is 17.7 Å². The van der Waals surface area contributed by atoms with Crippen molar-refractivity contribution in [3.05, 3.63) is 82.1 Å². The van der Waals surface area contributed by atoms with Gasteiger partial charge in [0.1, 0.15) is 5.76 Å². The van der Waals surface area contributed by atoms with Crippen LogP contribution in [0.25, 0.3) is 0 Å². The van der Waals surface area contributed by atoms with Crippen LogP contribution in [0.2, 0.25) is 0 Å². The maximum atomic E-state index is 12.6. The summed E-state index contributed by atoms with van der Waals surface area (Å²) in [5.74, 6) is 0.124. The first-order valence-electron chi connectivity index (χ1n) is 8.83. The van der Waals surface area contributed by atoms with E-state index in [9.17, 15) is 9.59 Å². The average molecular weight is 365 g/mol. The molecule has 5 heteroatoms. The van der Waals surface area contributed by atoms with Crippen LogP contribution in [0.15, 0.2) is 47.1 Å². The summed E-state index contributed by atoms with van der Waals surface area (Å²) in [5, 5.41) is 0. The van der Waals surface area contributed by atoms with E-state index in [0.29, 0.717) is 17.7 Å². The Bertz CT molecular complexity index is 980. The lowest BCUT2D eigenvalue weighted by Crippen LogP contribution is -2.16. The van der Waals surface area contributed by atoms with E-state index in [2.05, 4.69) is 0 Å². The number of ketones is 1. The van der Waals surface area contributed by atoms with Crippen LogP contribution in [0, 0.1) is 27.7 Å². The fourth-order valence-electron chi connectivity index (χ4n) is 3.13. The smallest absolute Gasteiger partial charge is 0.338 e. The maximum absolute atomic E-state index is 12.6. The molecule has 3 rings (SSSR count). The number of carbonyl (C=O) groups excluding carboxylic acids is 2. The Morgan fingerprint density at radius 3 is 2.52 bits per heavy atom.